The van der Waals surface area contributed by atoms with Gasteiger partial charge >= 0.3 is 0 Å². The van der Waals surface area contributed by atoms with Gasteiger partial charge in [-0.2, -0.15) is 0 Å². The molecule has 30 heavy (non-hydrogen) atoms. The number of pyridine rings is 1. The Balaban J connectivity index is 1.97. The van der Waals surface area contributed by atoms with Crippen LogP contribution in [0.25, 0.3) is 11.1 Å². The summed E-state index contributed by atoms with van der Waals surface area (Å²) in [5.74, 6) is -0.940. The van der Waals surface area contributed by atoms with Crippen LogP contribution in [0.3, 0.4) is 0 Å². The van der Waals surface area contributed by atoms with E-state index in [1.165, 1.54) is 30.5 Å². The molecule has 2 aromatic carbocycles. The smallest absolute Gasteiger partial charge is 0.166 e. The standard InChI is InChI=1S/C21H19Cl2F2N2O2P/c1-11(19-15(22)6-7-16(24)20(19)23)29-18-8-12(10-27-21(18)26)14-5-4-13(9-17(14)25)30(2,3)28/h4-11H,1-3H3,(H2,26,27)/t11-/m1/s1. The number of nitrogen functional groups attached to an aromatic ring is 1. The Hall–Kier alpha value is -2.14. The van der Waals surface area contributed by atoms with E-state index in [2.05, 4.69) is 4.98 Å². The molecule has 0 radical (unpaired) electrons. The van der Waals surface area contributed by atoms with Crippen LogP contribution in [0.15, 0.2) is 42.6 Å². The SMILES string of the molecule is C[C@@H](Oc1cc(-c2ccc(P(C)(C)=O)cc2F)cnc1N)c1c(Cl)ccc(F)c1Cl. The summed E-state index contributed by atoms with van der Waals surface area (Å²) < 4.78 is 46.5. The number of hydrogen-bond acceptors (Lipinski definition) is 4. The Bertz CT molecular complexity index is 1170. The van der Waals surface area contributed by atoms with E-state index in [0.29, 0.717) is 10.9 Å². The van der Waals surface area contributed by atoms with Gasteiger partial charge in [-0.15, -0.1) is 0 Å². The van der Waals surface area contributed by atoms with Gasteiger partial charge in [0.05, 0.1) is 5.02 Å². The van der Waals surface area contributed by atoms with Crippen molar-refractivity contribution >= 4 is 41.5 Å². The second-order valence-electron chi connectivity index (χ2n) is 7.14. The van der Waals surface area contributed by atoms with E-state index in [9.17, 15) is 13.3 Å². The molecule has 2 N–H and O–H groups in total. The zero-order chi connectivity index (χ0) is 22.2. The Morgan fingerprint density at radius 3 is 2.43 bits per heavy atom. The molecule has 0 aliphatic carbocycles. The molecule has 0 fully saturated rings. The molecule has 0 saturated heterocycles. The molecule has 158 valence electrons. The molecule has 0 bridgehead atoms. The Morgan fingerprint density at radius 2 is 1.80 bits per heavy atom. The maximum absolute atomic E-state index is 14.7. The Labute approximate surface area is 183 Å². The van der Waals surface area contributed by atoms with Crippen LogP contribution in [-0.2, 0) is 4.57 Å². The predicted molar refractivity (Wildman–Crippen MR) is 119 cm³/mol. The highest BCUT2D eigenvalue weighted by Gasteiger charge is 2.21. The minimum atomic E-state index is -2.60. The number of anilines is 1. The van der Waals surface area contributed by atoms with Crippen LogP contribution in [0.1, 0.15) is 18.6 Å². The average molecular weight is 471 g/mol. The molecule has 0 aliphatic rings. The normalized spacial score (nSPS) is 12.6. The van der Waals surface area contributed by atoms with E-state index >= 15 is 0 Å². The second kappa shape index (κ2) is 8.54. The highest BCUT2D eigenvalue weighted by atomic mass is 35.5. The van der Waals surface area contributed by atoms with E-state index in [0.717, 1.165) is 6.07 Å². The number of ether oxygens (including phenoxy) is 1. The molecule has 1 heterocycles. The third-order valence-electron chi connectivity index (χ3n) is 4.56. The molecule has 0 spiro atoms. The van der Waals surface area contributed by atoms with Crippen molar-refractivity contribution in [1.29, 1.82) is 0 Å². The largest absolute Gasteiger partial charge is 0.482 e. The average Bonchev–Trinajstić information content (AvgIpc) is 2.66. The first-order valence-electron chi connectivity index (χ1n) is 8.90. The van der Waals surface area contributed by atoms with Crippen LogP contribution >= 0.6 is 30.3 Å². The molecule has 1 atom stereocenters. The van der Waals surface area contributed by atoms with Crippen molar-refractivity contribution in [3.63, 3.8) is 0 Å². The van der Waals surface area contributed by atoms with Crippen molar-refractivity contribution in [2.24, 2.45) is 0 Å². The summed E-state index contributed by atoms with van der Waals surface area (Å²) in [6.07, 6.45) is 0.656. The number of hydrogen-bond donors (Lipinski definition) is 1. The molecule has 0 unspecified atom stereocenters. The van der Waals surface area contributed by atoms with Crippen LogP contribution in [0.4, 0.5) is 14.6 Å². The lowest BCUT2D eigenvalue weighted by atomic mass is 10.1. The van der Waals surface area contributed by atoms with Gasteiger partial charge in [0.25, 0.3) is 0 Å². The highest BCUT2D eigenvalue weighted by Crippen LogP contribution is 2.38. The Morgan fingerprint density at radius 1 is 1.10 bits per heavy atom. The minimum Gasteiger partial charge on any atom is -0.482 e. The third kappa shape index (κ3) is 4.61. The van der Waals surface area contributed by atoms with Gasteiger partial charge < -0.3 is 15.0 Å². The zero-order valence-corrected chi connectivity index (χ0v) is 18.8. The molecule has 1 aromatic heterocycles. The van der Waals surface area contributed by atoms with E-state index in [4.69, 9.17) is 33.7 Å². The maximum Gasteiger partial charge on any atom is 0.166 e. The summed E-state index contributed by atoms with van der Waals surface area (Å²) in [6.45, 7) is 4.78. The van der Waals surface area contributed by atoms with Crippen LogP contribution < -0.4 is 15.8 Å². The highest BCUT2D eigenvalue weighted by molar-refractivity contribution is 7.70. The summed E-state index contributed by atoms with van der Waals surface area (Å²) in [5, 5.41) is 0.525. The second-order valence-corrected chi connectivity index (χ2v) is 11.1. The number of aromatic nitrogens is 1. The molecule has 3 rings (SSSR count). The molecule has 0 aliphatic heterocycles. The monoisotopic (exact) mass is 470 g/mol. The van der Waals surface area contributed by atoms with Gasteiger partial charge in [0.1, 0.15) is 24.9 Å². The molecule has 3 aromatic rings. The number of rotatable bonds is 5. The lowest BCUT2D eigenvalue weighted by Gasteiger charge is -2.19. The van der Waals surface area contributed by atoms with E-state index in [-0.39, 0.29) is 32.7 Å². The zero-order valence-electron chi connectivity index (χ0n) is 16.4. The summed E-state index contributed by atoms with van der Waals surface area (Å²) in [4.78, 5) is 4.07. The van der Waals surface area contributed by atoms with Gasteiger partial charge in [-0.05, 0) is 44.5 Å². The molecular weight excluding hydrogens is 452 g/mol. The van der Waals surface area contributed by atoms with Crippen molar-refractivity contribution in [2.75, 3.05) is 19.1 Å². The van der Waals surface area contributed by atoms with Crippen LogP contribution in [0.2, 0.25) is 10.0 Å². The van der Waals surface area contributed by atoms with Crippen molar-refractivity contribution in [3.05, 3.63) is 69.8 Å². The van der Waals surface area contributed by atoms with Crippen molar-refractivity contribution in [2.45, 2.75) is 13.0 Å². The fourth-order valence-electron chi connectivity index (χ4n) is 2.93. The van der Waals surface area contributed by atoms with Gasteiger partial charge in [-0.25, -0.2) is 13.8 Å². The lowest BCUT2D eigenvalue weighted by Crippen LogP contribution is -2.08. The van der Waals surface area contributed by atoms with Gasteiger partial charge in [-0.1, -0.05) is 35.3 Å². The first-order chi connectivity index (χ1) is 14.0. The maximum atomic E-state index is 14.7. The summed E-state index contributed by atoms with van der Waals surface area (Å²) in [6, 6.07) is 8.47. The fourth-order valence-corrected chi connectivity index (χ4v) is 4.47. The van der Waals surface area contributed by atoms with E-state index < -0.39 is 24.9 Å². The van der Waals surface area contributed by atoms with Gasteiger partial charge in [-0.3, -0.25) is 0 Å². The van der Waals surface area contributed by atoms with Gasteiger partial charge in [0, 0.05) is 33.2 Å². The summed E-state index contributed by atoms with van der Waals surface area (Å²) >= 11 is 12.2. The van der Waals surface area contributed by atoms with Crippen LogP contribution in [0, 0.1) is 11.6 Å². The first-order valence-corrected chi connectivity index (χ1v) is 12.3. The van der Waals surface area contributed by atoms with Crippen molar-refractivity contribution < 1.29 is 18.1 Å². The number of benzene rings is 2. The molecule has 0 amide bonds. The molecular formula is C21H19Cl2F2N2O2P. The van der Waals surface area contributed by atoms with E-state index in [1.54, 1.807) is 26.3 Å². The molecule has 4 nitrogen and oxygen atoms in total. The third-order valence-corrected chi connectivity index (χ3v) is 6.79. The lowest BCUT2D eigenvalue weighted by molar-refractivity contribution is 0.227. The number of halogens is 4. The Kier molecular flexibility index (Phi) is 6.42. The quantitative estimate of drug-likeness (QED) is 0.350. The first kappa shape index (κ1) is 22.5. The number of nitrogens with two attached hydrogens (primary N) is 1. The van der Waals surface area contributed by atoms with Crippen molar-refractivity contribution in [1.82, 2.24) is 4.98 Å². The predicted octanol–water partition coefficient (Wildman–Crippen LogP) is 6.30. The van der Waals surface area contributed by atoms with Crippen LogP contribution in [-0.4, -0.2) is 18.3 Å². The minimum absolute atomic E-state index is 0.0675. The van der Waals surface area contributed by atoms with Gasteiger partial charge in [0.2, 0.25) is 0 Å². The fraction of sp³-hybridized carbons (Fsp3) is 0.190. The topological polar surface area (TPSA) is 65.2 Å². The molecule has 9 heteroatoms. The van der Waals surface area contributed by atoms with Gasteiger partial charge in [0.15, 0.2) is 11.6 Å². The number of nitrogens with zero attached hydrogens (tertiary/aromatic N) is 1. The summed E-state index contributed by atoms with van der Waals surface area (Å²) in [7, 11) is -2.60. The van der Waals surface area contributed by atoms with Crippen molar-refractivity contribution in [3.8, 4) is 16.9 Å². The summed E-state index contributed by atoms with van der Waals surface area (Å²) in [5.41, 5.74) is 6.84. The van der Waals surface area contributed by atoms with E-state index in [1.807, 2.05) is 0 Å². The molecule has 0 saturated carbocycles. The van der Waals surface area contributed by atoms with Crippen LogP contribution in [0.5, 0.6) is 5.75 Å².